The molecule has 3 aromatic heterocycles. The molecule has 0 fully saturated rings. The summed E-state index contributed by atoms with van der Waals surface area (Å²) in [5, 5.41) is 8.82. The zero-order chi connectivity index (χ0) is 19.0. The molecule has 0 bridgehead atoms. The standard InChI is InChI=1S/C18H13ClN8/c1-10-5-16(24-9-23-10)25-18-12-8-27(26-14(12)3-4-22-18)17-13(19)6-11(20)7-15(17)21-2/h3-9H,20H2,1H3,(H,22,23,24,25). The highest BCUT2D eigenvalue weighted by molar-refractivity contribution is 6.33. The Hall–Kier alpha value is -3.70. The van der Waals surface area contributed by atoms with E-state index < -0.39 is 0 Å². The maximum atomic E-state index is 7.40. The Morgan fingerprint density at radius 2 is 2.07 bits per heavy atom. The molecule has 0 aliphatic carbocycles. The largest absolute Gasteiger partial charge is 0.400 e. The third kappa shape index (κ3) is 3.12. The predicted molar refractivity (Wildman–Crippen MR) is 105 cm³/mol. The minimum Gasteiger partial charge on any atom is -0.400 e. The number of nitrogens with two attached hydrogens (primary N) is 1. The molecule has 4 rings (SSSR count). The number of hydrogen-bond acceptors (Lipinski definition) is 6. The fourth-order valence-electron chi connectivity index (χ4n) is 2.72. The Morgan fingerprint density at radius 1 is 1.22 bits per heavy atom. The lowest BCUT2D eigenvalue weighted by Gasteiger charge is -2.08. The maximum Gasteiger partial charge on any atom is 0.215 e. The summed E-state index contributed by atoms with van der Waals surface area (Å²) in [5.74, 6) is 1.22. The molecule has 132 valence electrons. The number of anilines is 3. The van der Waals surface area contributed by atoms with Gasteiger partial charge in [0.15, 0.2) is 0 Å². The van der Waals surface area contributed by atoms with Crippen molar-refractivity contribution >= 4 is 45.5 Å². The zero-order valence-electron chi connectivity index (χ0n) is 14.2. The number of rotatable bonds is 3. The average Bonchev–Trinajstić information content (AvgIpc) is 3.05. The lowest BCUT2D eigenvalue weighted by Crippen LogP contribution is -1.98. The Balaban J connectivity index is 1.84. The normalized spacial score (nSPS) is 10.7. The molecule has 9 heteroatoms. The van der Waals surface area contributed by atoms with Gasteiger partial charge in [-0.2, -0.15) is 5.10 Å². The van der Waals surface area contributed by atoms with Crippen LogP contribution in [0.3, 0.4) is 0 Å². The Kier molecular flexibility index (Phi) is 4.06. The summed E-state index contributed by atoms with van der Waals surface area (Å²) < 4.78 is 1.57. The molecule has 0 radical (unpaired) electrons. The molecule has 0 unspecified atom stereocenters. The third-order valence-electron chi connectivity index (χ3n) is 3.90. The van der Waals surface area contributed by atoms with E-state index in [1.807, 2.05) is 13.0 Å². The highest BCUT2D eigenvalue weighted by Crippen LogP contribution is 2.35. The predicted octanol–water partition coefficient (Wildman–Crippen LogP) is 4.05. The number of pyridine rings is 1. The van der Waals surface area contributed by atoms with E-state index >= 15 is 0 Å². The van der Waals surface area contributed by atoms with Crippen LogP contribution in [0.2, 0.25) is 5.02 Å². The molecule has 3 heterocycles. The minimum atomic E-state index is 0.321. The van der Waals surface area contributed by atoms with Gasteiger partial charge < -0.3 is 11.1 Å². The van der Waals surface area contributed by atoms with Crippen molar-refractivity contribution in [1.29, 1.82) is 0 Å². The highest BCUT2D eigenvalue weighted by atomic mass is 35.5. The third-order valence-corrected chi connectivity index (χ3v) is 4.19. The number of nitrogens with one attached hydrogen (secondary N) is 1. The van der Waals surface area contributed by atoms with Crippen LogP contribution in [0, 0.1) is 13.5 Å². The van der Waals surface area contributed by atoms with E-state index in [1.54, 1.807) is 35.3 Å². The average molecular weight is 377 g/mol. The molecule has 27 heavy (non-hydrogen) atoms. The van der Waals surface area contributed by atoms with Crippen LogP contribution in [0.25, 0.3) is 21.4 Å². The summed E-state index contributed by atoms with van der Waals surface area (Å²) in [7, 11) is 0. The van der Waals surface area contributed by atoms with Crippen LogP contribution in [0.4, 0.5) is 23.0 Å². The van der Waals surface area contributed by atoms with Gasteiger partial charge in [0, 0.05) is 29.8 Å². The summed E-state index contributed by atoms with van der Waals surface area (Å²) in [6, 6.07) is 6.77. The second kappa shape index (κ2) is 6.55. The summed E-state index contributed by atoms with van der Waals surface area (Å²) in [4.78, 5) is 16.2. The van der Waals surface area contributed by atoms with Gasteiger partial charge in [-0.25, -0.2) is 24.5 Å². The van der Waals surface area contributed by atoms with Crippen LogP contribution in [0.1, 0.15) is 5.69 Å². The molecule has 0 aliphatic heterocycles. The molecular weight excluding hydrogens is 364 g/mol. The summed E-state index contributed by atoms with van der Waals surface area (Å²) >= 11 is 6.33. The molecular formula is C18H13ClN8. The first-order chi connectivity index (χ1) is 13.0. The van der Waals surface area contributed by atoms with Crippen LogP contribution in [-0.4, -0.2) is 24.7 Å². The second-order valence-electron chi connectivity index (χ2n) is 5.82. The Morgan fingerprint density at radius 3 is 2.85 bits per heavy atom. The van der Waals surface area contributed by atoms with Crippen molar-refractivity contribution < 1.29 is 0 Å². The molecule has 0 amide bonds. The van der Waals surface area contributed by atoms with E-state index in [1.165, 1.54) is 6.33 Å². The molecule has 0 aliphatic rings. The van der Waals surface area contributed by atoms with E-state index in [0.717, 1.165) is 11.1 Å². The fraction of sp³-hybridized carbons (Fsp3) is 0.0556. The van der Waals surface area contributed by atoms with Gasteiger partial charge in [0.1, 0.15) is 18.0 Å². The van der Waals surface area contributed by atoms with Crippen LogP contribution in [0.5, 0.6) is 0 Å². The summed E-state index contributed by atoms with van der Waals surface area (Å²) in [6.07, 6.45) is 4.90. The van der Waals surface area contributed by atoms with Crippen molar-refractivity contribution in [3.63, 3.8) is 0 Å². The van der Waals surface area contributed by atoms with Gasteiger partial charge in [-0.15, -0.1) is 0 Å². The maximum absolute atomic E-state index is 7.40. The van der Waals surface area contributed by atoms with E-state index in [2.05, 4.69) is 30.2 Å². The number of nitrogens with zero attached hydrogens (tertiary/aromatic N) is 6. The number of benzene rings is 1. The van der Waals surface area contributed by atoms with Crippen molar-refractivity contribution in [3.05, 3.63) is 65.1 Å². The van der Waals surface area contributed by atoms with Crippen molar-refractivity contribution in [2.24, 2.45) is 0 Å². The number of aryl methyl sites for hydroxylation is 1. The smallest absolute Gasteiger partial charge is 0.215 e. The van der Waals surface area contributed by atoms with Crippen molar-refractivity contribution in [1.82, 2.24) is 24.7 Å². The monoisotopic (exact) mass is 376 g/mol. The van der Waals surface area contributed by atoms with Crippen molar-refractivity contribution in [3.8, 4) is 5.69 Å². The number of hydrogen-bond donors (Lipinski definition) is 2. The Labute approximate surface area is 159 Å². The van der Waals surface area contributed by atoms with Gasteiger partial charge >= 0.3 is 0 Å². The van der Waals surface area contributed by atoms with Gasteiger partial charge in [0.05, 0.1) is 28.2 Å². The first-order valence-corrected chi connectivity index (χ1v) is 8.30. The van der Waals surface area contributed by atoms with Crippen LogP contribution >= 0.6 is 11.6 Å². The van der Waals surface area contributed by atoms with Gasteiger partial charge in [0.2, 0.25) is 5.69 Å². The molecule has 1 aromatic carbocycles. The van der Waals surface area contributed by atoms with Gasteiger partial charge in [-0.3, -0.25) is 0 Å². The van der Waals surface area contributed by atoms with Crippen LogP contribution < -0.4 is 11.1 Å². The van der Waals surface area contributed by atoms with E-state index in [9.17, 15) is 0 Å². The van der Waals surface area contributed by atoms with Gasteiger partial charge in [0.25, 0.3) is 0 Å². The number of fused-ring (bicyclic) bond motifs is 1. The second-order valence-corrected chi connectivity index (χ2v) is 6.23. The number of nitrogen functional groups attached to an aromatic ring is 1. The minimum absolute atomic E-state index is 0.321. The molecule has 4 aromatic rings. The molecule has 0 atom stereocenters. The number of halogens is 1. The highest BCUT2D eigenvalue weighted by Gasteiger charge is 2.15. The zero-order valence-corrected chi connectivity index (χ0v) is 14.9. The lowest BCUT2D eigenvalue weighted by atomic mass is 10.2. The van der Waals surface area contributed by atoms with E-state index in [4.69, 9.17) is 23.9 Å². The first kappa shape index (κ1) is 16.8. The summed E-state index contributed by atoms with van der Waals surface area (Å²) in [5.41, 5.74) is 8.54. The van der Waals surface area contributed by atoms with E-state index in [0.29, 0.717) is 39.2 Å². The number of aromatic nitrogens is 5. The molecule has 0 saturated heterocycles. The molecule has 8 nitrogen and oxygen atoms in total. The Bertz CT molecular complexity index is 1210. The molecule has 0 saturated carbocycles. The summed E-state index contributed by atoms with van der Waals surface area (Å²) in [6.45, 7) is 9.29. The lowest BCUT2D eigenvalue weighted by molar-refractivity contribution is 0.900. The van der Waals surface area contributed by atoms with Crippen molar-refractivity contribution in [2.45, 2.75) is 6.92 Å². The topological polar surface area (TPSA) is 98.9 Å². The molecule has 3 N–H and O–H groups in total. The van der Waals surface area contributed by atoms with Crippen LogP contribution in [0.15, 0.2) is 43.0 Å². The van der Waals surface area contributed by atoms with E-state index in [-0.39, 0.29) is 0 Å². The first-order valence-electron chi connectivity index (χ1n) is 7.92. The van der Waals surface area contributed by atoms with Gasteiger partial charge in [-0.1, -0.05) is 11.6 Å². The van der Waals surface area contributed by atoms with Gasteiger partial charge in [-0.05, 0) is 25.1 Å². The fourth-order valence-corrected chi connectivity index (χ4v) is 3.03. The van der Waals surface area contributed by atoms with Crippen LogP contribution in [-0.2, 0) is 0 Å². The SMILES string of the molecule is [C-]#[N+]c1cc(N)cc(Cl)c1-n1cc2c(Nc3cc(C)ncn3)nccc2n1. The molecule has 0 spiro atoms. The quantitative estimate of drug-likeness (QED) is 0.413. The van der Waals surface area contributed by atoms with Crippen molar-refractivity contribution in [2.75, 3.05) is 11.1 Å².